The number of aliphatic hydroxyl groups excluding tert-OH is 1. The highest BCUT2D eigenvalue weighted by Gasteiger charge is 2.09. The molecule has 1 atom stereocenters. The van der Waals surface area contributed by atoms with E-state index in [1.54, 1.807) is 7.11 Å². The van der Waals surface area contributed by atoms with Gasteiger partial charge in [0.2, 0.25) is 5.91 Å². The van der Waals surface area contributed by atoms with E-state index in [0.717, 1.165) is 25.8 Å². The zero-order valence-electron chi connectivity index (χ0n) is 11.2. The summed E-state index contributed by atoms with van der Waals surface area (Å²) in [6.45, 7) is 3.99. The van der Waals surface area contributed by atoms with Gasteiger partial charge in [0.1, 0.15) is 0 Å². The number of unbranched alkanes of at least 4 members (excludes halogenated alkanes) is 2. The van der Waals surface area contributed by atoms with Gasteiger partial charge in [0, 0.05) is 19.8 Å². The minimum absolute atomic E-state index is 0.0270. The lowest BCUT2D eigenvalue weighted by molar-refractivity contribution is -0.122. The number of amides is 1. The first-order valence-corrected chi connectivity index (χ1v) is 6.17. The highest BCUT2D eigenvalue weighted by atomic mass is 16.5. The summed E-state index contributed by atoms with van der Waals surface area (Å²) in [7, 11) is 3.55. The molecule has 0 aromatic carbocycles. The molecule has 0 fully saturated rings. The van der Waals surface area contributed by atoms with Crippen LogP contribution in [0.2, 0.25) is 0 Å². The number of nitrogens with zero attached hydrogens (tertiary/aromatic N) is 1. The van der Waals surface area contributed by atoms with E-state index < -0.39 is 0 Å². The van der Waals surface area contributed by atoms with Crippen LogP contribution in [-0.4, -0.2) is 62.4 Å². The van der Waals surface area contributed by atoms with Crippen LogP contribution >= 0.6 is 0 Å². The molecule has 0 bridgehead atoms. The molecule has 0 heterocycles. The third kappa shape index (κ3) is 10.2. The lowest BCUT2D eigenvalue weighted by atomic mass is 10.2. The molecule has 0 aliphatic heterocycles. The van der Waals surface area contributed by atoms with E-state index in [0.29, 0.717) is 13.2 Å². The number of rotatable bonds is 10. The van der Waals surface area contributed by atoms with Crippen molar-refractivity contribution in [1.82, 2.24) is 10.2 Å². The largest absolute Gasteiger partial charge is 0.396 e. The number of likely N-dealkylation sites (N-methyl/N-ethyl adjacent to an activating group) is 1. The van der Waals surface area contributed by atoms with E-state index in [9.17, 15) is 4.79 Å². The van der Waals surface area contributed by atoms with Crippen LogP contribution in [0.1, 0.15) is 26.2 Å². The topological polar surface area (TPSA) is 61.8 Å². The molecule has 0 saturated heterocycles. The summed E-state index contributed by atoms with van der Waals surface area (Å²) >= 11 is 0. The summed E-state index contributed by atoms with van der Waals surface area (Å²) in [4.78, 5) is 13.6. The molecule has 1 amide bonds. The van der Waals surface area contributed by atoms with Gasteiger partial charge in [0.15, 0.2) is 0 Å². The van der Waals surface area contributed by atoms with Gasteiger partial charge in [0.25, 0.3) is 0 Å². The molecule has 0 radical (unpaired) electrons. The summed E-state index contributed by atoms with van der Waals surface area (Å²) in [5.74, 6) is 0.0270. The molecule has 0 saturated carbocycles. The molecule has 1 unspecified atom stereocenters. The first kappa shape index (κ1) is 16.4. The fourth-order valence-electron chi connectivity index (χ4n) is 1.61. The molecule has 0 rings (SSSR count). The minimum atomic E-state index is 0.0270. The first-order chi connectivity index (χ1) is 8.10. The maximum atomic E-state index is 11.6. The van der Waals surface area contributed by atoms with Gasteiger partial charge in [-0.25, -0.2) is 0 Å². The summed E-state index contributed by atoms with van der Waals surface area (Å²) in [6.07, 6.45) is 2.85. The van der Waals surface area contributed by atoms with Gasteiger partial charge in [0.05, 0.1) is 13.2 Å². The number of aliphatic hydroxyl groups is 1. The van der Waals surface area contributed by atoms with Gasteiger partial charge in [-0.15, -0.1) is 0 Å². The normalized spacial score (nSPS) is 12.8. The predicted molar refractivity (Wildman–Crippen MR) is 67.9 cm³/mol. The fourth-order valence-corrected chi connectivity index (χ4v) is 1.61. The monoisotopic (exact) mass is 246 g/mol. The Kier molecular flexibility index (Phi) is 10.1. The molecule has 102 valence electrons. The summed E-state index contributed by atoms with van der Waals surface area (Å²) < 4.78 is 4.95. The predicted octanol–water partition coefficient (Wildman–Crippen LogP) is 0.232. The Hall–Kier alpha value is -0.650. The molecule has 17 heavy (non-hydrogen) atoms. The Balaban J connectivity index is 3.58. The average Bonchev–Trinajstić information content (AvgIpc) is 2.24. The van der Waals surface area contributed by atoms with Gasteiger partial charge in [-0.1, -0.05) is 0 Å². The van der Waals surface area contributed by atoms with Gasteiger partial charge in [-0.05, 0) is 39.8 Å². The second-order valence-corrected chi connectivity index (χ2v) is 4.45. The maximum absolute atomic E-state index is 11.6. The zero-order valence-corrected chi connectivity index (χ0v) is 11.2. The smallest absolute Gasteiger partial charge is 0.234 e. The third-order valence-electron chi connectivity index (χ3n) is 2.44. The minimum Gasteiger partial charge on any atom is -0.396 e. The average molecular weight is 246 g/mol. The van der Waals surface area contributed by atoms with Crippen molar-refractivity contribution in [3.8, 4) is 0 Å². The molecular formula is C12H26N2O3. The van der Waals surface area contributed by atoms with E-state index in [2.05, 4.69) is 5.32 Å². The number of nitrogens with one attached hydrogen (secondary N) is 1. The van der Waals surface area contributed by atoms with Crippen molar-refractivity contribution in [1.29, 1.82) is 0 Å². The molecule has 0 aromatic rings. The number of hydrogen-bond donors (Lipinski definition) is 2. The van der Waals surface area contributed by atoms with Crippen LogP contribution in [0.5, 0.6) is 0 Å². The van der Waals surface area contributed by atoms with Crippen molar-refractivity contribution in [3.63, 3.8) is 0 Å². The van der Waals surface area contributed by atoms with Crippen molar-refractivity contribution in [3.05, 3.63) is 0 Å². The maximum Gasteiger partial charge on any atom is 0.234 e. The first-order valence-electron chi connectivity index (χ1n) is 6.17. The summed E-state index contributed by atoms with van der Waals surface area (Å²) in [6, 6.07) is 0.0512. The second kappa shape index (κ2) is 10.5. The van der Waals surface area contributed by atoms with Crippen LogP contribution in [0.25, 0.3) is 0 Å². The highest BCUT2D eigenvalue weighted by molar-refractivity contribution is 5.78. The van der Waals surface area contributed by atoms with E-state index in [4.69, 9.17) is 9.84 Å². The summed E-state index contributed by atoms with van der Waals surface area (Å²) in [5, 5.41) is 11.5. The Morgan fingerprint density at radius 2 is 2.12 bits per heavy atom. The number of hydrogen-bond acceptors (Lipinski definition) is 4. The van der Waals surface area contributed by atoms with E-state index in [-0.39, 0.29) is 18.6 Å². The molecule has 0 aromatic heterocycles. The quantitative estimate of drug-likeness (QED) is 0.542. The molecule has 5 nitrogen and oxygen atoms in total. The zero-order chi connectivity index (χ0) is 13.1. The number of carbonyl (C=O) groups is 1. The van der Waals surface area contributed by atoms with E-state index in [1.807, 2.05) is 18.9 Å². The molecular weight excluding hydrogens is 220 g/mol. The number of ether oxygens (including phenoxy) is 1. The molecule has 0 aliphatic rings. The molecule has 2 N–H and O–H groups in total. The van der Waals surface area contributed by atoms with Gasteiger partial charge < -0.3 is 15.2 Å². The van der Waals surface area contributed by atoms with E-state index >= 15 is 0 Å². The Labute approximate surface area is 104 Å². The van der Waals surface area contributed by atoms with Crippen LogP contribution in [0.15, 0.2) is 0 Å². The van der Waals surface area contributed by atoms with Crippen molar-refractivity contribution in [2.24, 2.45) is 0 Å². The van der Waals surface area contributed by atoms with Gasteiger partial charge in [-0.2, -0.15) is 0 Å². The lowest BCUT2D eigenvalue weighted by Gasteiger charge is -2.18. The van der Waals surface area contributed by atoms with E-state index in [1.165, 1.54) is 0 Å². The highest BCUT2D eigenvalue weighted by Crippen LogP contribution is 1.96. The summed E-state index contributed by atoms with van der Waals surface area (Å²) in [5.41, 5.74) is 0. The third-order valence-corrected chi connectivity index (χ3v) is 2.44. The Morgan fingerprint density at radius 1 is 1.41 bits per heavy atom. The lowest BCUT2D eigenvalue weighted by Crippen LogP contribution is -2.41. The van der Waals surface area contributed by atoms with Crippen LogP contribution in [-0.2, 0) is 9.53 Å². The van der Waals surface area contributed by atoms with Crippen LogP contribution in [0.4, 0.5) is 0 Å². The van der Waals surface area contributed by atoms with Gasteiger partial charge in [-0.3, -0.25) is 9.69 Å². The Morgan fingerprint density at radius 3 is 2.71 bits per heavy atom. The van der Waals surface area contributed by atoms with Crippen molar-refractivity contribution >= 4 is 5.91 Å². The molecule has 0 aliphatic carbocycles. The van der Waals surface area contributed by atoms with Crippen molar-refractivity contribution < 1.29 is 14.6 Å². The van der Waals surface area contributed by atoms with Crippen molar-refractivity contribution in [2.45, 2.75) is 32.2 Å². The number of carbonyl (C=O) groups excluding carboxylic acids is 1. The number of methoxy groups -OCH3 is 1. The standard InChI is InChI=1S/C12H26N2O3/c1-11(10-17-3)13-12(16)9-14(2)7-5-4-6-8-15/h11,15H,4-10H2,1-3H3,(H,13,16). The SMILES string of the molecule is COCC(C)NC(=O)CN(C)CCCCCO. The second-order valence-electron chi connectivity index (χ2n) is 4.45. The van der Waals surface area contributed by atoms with Crippen molar-refractivity contribution in [2.75, 3.05) is 40.5 Å². The van der Waals surface area contributed by atoms with Crippen LogP contribution in [0, 0.1) is 0 Å². The molecule has 0 spiro atoms. The van der Waals surface area contributed by atoms with Crippen LogP contribution < -0.4 is 5.32 Å². The fraction of sp³-hybridized carbons (Fsp3) is 0.917. The Bertz CT molecular complexity index is 200. The van der Waals surface area contributed by atoms with Crippen LogP contribution in [0.3, 0.4) is 0 Å². The molecule has 5 heteroatoms. The van der Waals surface area contributed by atoms with Gasteiger partial charge >= 0.3 is 0 Å².